The lowest BCUT2D eigenvalue weighted by molar-refractivity contribution is -0.121. The number of hydrogen-bond donors (Lipinski definition) is 1. The summed E-state index contributed by atoms with van der Waals surface area (Å²) in [7, 11) is 0. The van der Waals surface area contributed by atoms with Gasteiger partial charge in [-0.3, -0.25) is 4.79 Å². The largest absolute Gasteiger partial charge is 0.493 e. The molecule has 3 heteroatoms. The Hall–Kier alpha value is -1.51. The van der Waals surface area contributed by atoms with E-state index >= 15 is 0 Å². The van der Waals surface area contributed by atoms with E-state index < -0.39 is 0 Å². The van der Waals surface area contributed by atoms with Crippen LogP contribution in [0.2, 0.25) is 0 Å². The number of amides is 1. The van der Waals surface area contributed by atoms with Gasteiger partial charge >= 0.3 is 0 Å². The number of fused-ring (bicyclic) bond motifs is 1. The second-order valence-electron chi connectivity index (χ2n) is 4.96. The molecule has 0 spiro atoms. The summed E-state index contributed by atoms with van der Waals surface area (Å²) >= 11 is 0. The topological polar surface area (TPSA) is 38.3 Å². The van der Waals surface area contributed by atoms with Crippen LogP contribution in [-0.4, -0.2) is 18.6 Å². The first-order valence-corrected chi connectivity index (χ1v) is 6.73. The Morgan fingerprint density at radius 2 is 2.33 bits per heavy atom. The predicted octanol–water partition coefficient (Wildman–Crippen LogP) is 2.47. The average Bonchev–Trinajstić information content (AvgIpc) is 2.76. The summed E-state index contributed by atoms with van der Waals surface area (Å²) in [5.41, 5.74) is 2.56. The number of benzene rings is 1. The van der Waals surface area contributed by atoms with Crippen LogP contribution in [0, 0.1) is 0 Å². The van der Waals surface area contributed by atoms with E-state index in [4.69, 9.17) is 4.74 Å². The molecule has 1 unspecified atom stereocenters. The molecular formula is C15H21NO2. The van der Waals surface area contributed by atoms with Gasteiger partial charge in [-0.1, -0.05) is 19.1 Å². The Kier molecular flexibility index (Phi) is 4.24. The summed E-state index contributed by atoms with van der Waals surface area (Å²) in [6.45, 7) is 4.86. The van der Waals surface area contributed by atoms with Gasteiger partial charge in [-0.25, -0.2) is 0 Å². The van der Waals surface area contributed by atoms with Crippen LogP contribution >= 0.6 is 0 Å². The SMILES string of the molecule is CCCC(=O)NC(C)Cc1ccc2c(c1)CCO2. The summed E-state index contributed by atoms with van der Waals surface area (Å²) in [5.74, 6) is 1.16. The monoisotopic (exact) mass is 247 g/mol. The Labute approximate surface area is 109 Å². The van der Waals surface area contributed by atoms with Crippen LogP contribution in [0.25, 0.3) is 0 Å². The van der Waals surface area contributed by atoms with E-state index in [1.165, 1.54) is 11.1 Å². The third-order valence-corrected chi connectivity index (χ3v) is 3.18. The highest BCUT2D eigenvalue weighted by Crippen LogP contribution is 2.26. The van der Waals surface area contributed by atoms with Crippen LogP contribution < -0.4 is 10.1 Å². The molecule has 1 atom stereocenters. The number of ether oxygens (including phenoxy) is 1. The first kappa shape index (κ1) is 12.9. The van der Waals surface area contributed by atoms with Crippen molar-refractivity contribution < 1.29 is 9.53 Å². The third kappa shape index (κ3) is 3.25. The number of rotatable bonds is 5. The van der Waals surface area contributed by atoms with Crippen molar-refractivity contribution in [3.05, 3.63) is 29.3 Å². The Balaban J connectivity index is 1.91. The molecule has 1 amide bonds. The zero-order chi connectivity index (χ0) is 13.0. The van der Waals surface area contributed by atoms with Gasteiger partial charge < -0.3 is 10.1 Å². The van der Waals surface area contributed by atoms with Gasteiger partial charge in [0.1, 0.15) is 5.75 Å². The fraction of sp³-hybridized carbons (Fsp3) is 0.533. The van der Waals surface area contributed by atoms with Gasteiger partial charge in [0.2, 0.25) is 5.91 Å². The Morgan fingerprint density at radius 3 is 3.11 bits per heavy atom. The normalized spacial score (nSPS) is 14.8. The van der Waals surface area contributed by atoms with Gasteiger partial charge in [0, 0.05) is 18.9 Å². The van der Waals surface area contributed by atoms with E-state index in [1.54, 1.807) is 0 Å². The number of hydrogen-bond acceptors (Lipinski definition) is 2. The van der Waals surface area contributed by atoms with Crippen LogP contribution in [-0.2, 0) is 17.6 Å². The fourth-order valence-corrected chi connectivity index (χ4v) is 2.35. The van der Waals surface area contributed by atoms with Crippen molar-refractivity contribution >= 4 is 5.91 Å². The molecule has 3 nitrogen and oxygen atoms in total. The van der Waals surface area contributed by atoms with E-state index in [0.29, 0.717) is 6.42 Å². The van der Waals surface area contributed by atoms with Crippen molar-refractivity contribution in [2.75, 3.05) is 6.61 Å². The van der Waals surface area contributed by atoms with Crippen molar-refractivity contribution in [3.63, 3.8) is 0 Å². The summed E-state index contributed by atoms with van der Waals surface area (Å²) in [5, 5.41) is 3.03. The number of carbonyl (C=O) groups excluding carboxylic acids is 1. The van der Waals surface area contributed by atoms with Crippen LogP contribution in [0.1, 0.15) is 37.8 Å². The maximum atomic E-state index is 11.5. The van der Waals surface area contributed by atoms with E-state index in [0.717, 1.165) is 31.6 Å². The highest BCUT2D eigenvalue weighted by Gasteiger charge is 2.13. The molecule has 0 aliphatic carbocycles. The molecule has 0 bridgehead atoms. The molecule has 1 aromatic carbocycles. The maximum Gasteiger partial charge on any atom is 0.220 e. The zero-order valence-electron chi connectivity index (χ0n) is 11.2. The molecule has 0 fully saturated rings. The molecule has 98 valence electrons. The Morgan fingerprint density at radius 1 is 1.50 bits per heavy atom. The van der Waals surface area contributed by atoms with Crippen molar-refractivity contribution in [2.45, 2.75) is 45.6 Å². The third-order valence-electron chi connectivity index (χ3n) is 3.18. The van der Waals surface area contributed by atoms with Crippen molar-refractivity contribution in [2.24, 2.45) is 0 Å². The summed E-state index contributed by atoms with van der Waals surface area (Å²) in [6.07, 6.45) is 3.39. The molecule has 1 aliphatic heterocycles. The molecule has 18 heavy (non-hydrogen) atoms. The summed E-state index contributed by atoms with van der Waals surface area (Å²) in [4.78, 5) is 11.5. The Bertz CT molecular complexity index is 429. The predicted molar refractivity (Wildman–Crippen MR) is 71.9 cm³/mol. The standard InChI is InChI=1S/C15H21NO2/c1-3-4-15(17)16-11(2)9-12-5-6-14-13(10-12)7-8-18-14/h5-6,10-11H,3-4,7-9H2,1-2H3,(H,16,17). The van der Waals surface area contributed by atoms with Crippen molar-refractivity contribution in [3.8, 4) is 5.75 Å². The quantitative estimate of drug-likeness (QED) is 0.868. The average molecular weight is 247 g/mol. The molecule has 0 saturated carbocycles. The second kappa shape index (κ2) is 5.89. The highest BCUT2D eigenvalue weighted by molar-refractivity contribution is 5.76. The lowest BCUT2D eigenvalue weighted by Gasteiger charge is -2.14. The van der Waals surface area contributed by atoms with Gasteiger partial charge in [0.25, 0.3) is 0 Å². The van der Waals surface area contributed by atoms with E-state index in [1.807, 2.05) is 13.0 Å². The minimum absolute atomic E-state index is 0.148. The second-order valence-corrected chi connectivity index (χ2v) is 4.96. The zero-order valence-corrected chi connectivity index (χ0v) is 11.2. The highest BCUT2D eigenvalue weighted by atomic mass is 16.5. The number of nitrogens with one attached hydrogen (secondary N) is 1. The molecule has 1 heterocycles. The molecule has 2 rings (SSSR count). The van der Waals surface area contributed by atoms with Crippen molar-refractivity contribution in [1.29, 1.82) is 0 Å². The van der Waals surface area contributed by atoms with Gasteiger partial charge in [-0.2, -0.15) is 0 Å². The van der Waals surface area contributed by atoms with Crippen molar-refractivity contribution in [1.82, 2.24) is 5.32 Å². The number of carbonyl (C=O) groups is 1. The van der Waals surface area contributed by atoms with Crippen LogP contribution in [0.15, 0.2) is 18.2 Å². The van der Waals surface area contributed by atoms with Gasteiger partial charge in [-0.15, -0.1) is 0 Å². The molecule has 1 N–H and O–H groups in total. The molecule has 0 radical (unpaired) electrons. The van der Waals surface area contributed by atoms with E-state index in [2.05, 4.69) is 24.4 Å². The van der Waals surface area contributed by atoms with Gasteiger partial charge in [0.05, 0.1) is 6.61 Å². The first-order valence-electron chi connectivity index (χ1n) is 6.73. The fourth-order valence-electron chi connectivity index (χ4n) is 2.35. The van der Waals surface area contributed by atoms with Crippen LogP contribution in [0.5, 0.6) is 5.75 Å². The van der Waals surface area contributed by atoms with Crippen LogP contribution in [0.4, 0.5) is 0 Å². The molecule has 1 aromatic rings. The summed E-state index contributed by atoms with van der Waals surface area (Å²) < 4.78 is 5.49. The maximum absolute atomic E-state index is 11.5. The van der Waals surface area contributed by atoms with Gasteiger partial charge in [0.15, 0.2) is 0 Å². The first-order chi connectivity index (χ1) is 8.69. The molecule has 0 saturated heterocycles. The van der Waals surface area contributed by atoms with E-state index in [-0.39, 0.29) is 11.9 Å². The molecule has 1 aliphatic rings. The lowest BCUT2D eigenvalue weighted by Crippen LogP contribution is -2.33. The van der Waals surface area contributed by atoms with E-state index in [9.17, 15) is 4.79 Å². The molecule has 0 aromatic heterocycles. The minimum Gasteiger partial charge on any atom is -0.493 e. The smallest absolute Gasteiger partial charge is 0.220 e. The lowest BCUT2D eigenvalue weighted by atomic mass is 10.0. The molecular weight excluding hydrogens is 226 g/mol. The van der Waals surface area contributed by atoms with Crippen LogP contribution in [0.3, 0.4) is 0 Å². The summed E-state index contributed by atoms with van der Waals surface area (Å²) in [6, 6.07) is 6.51. The van der Waals surface area contributed by atoms with Gasteiger partial charge in [-0.05, 0) is 37.0 Å². The minimum atomic E-state index is 0.148.